The van der Waals surface area contributed by atoms with Crippen molar-refractivity contribution in [1.29, 1.82) is 0 Å². The highest BCUT2D eigenvalue weighted by Crippen LogP contribution is 2.14. The number of H-pyrrole nitrogens is 1. The minimum Gasteiger partial charge on any atom is -0.451 e. The van der Waals surface area contributed by atoms with Gasteiger partial charge in [-0.3, -0.25) is 9.59 Å². The first-order chi connectivity index (χ1) is 12.1. The van der Waals surface area contributed by atoms with Gasteiger partial charge < -0.3 is 9.64 Å². The molecule has 0 atom stereocenters. The molecule has 0 aliphatic rings. The van der Waals surface area contributed by atoms with Crippen LogP contribution < -0.4 is 5.56 Å². The van der Waals surface area contributed by atoms with Gasteiger partial charge in [0, 0.05) is 17.3 Å². The van der Waals surface area contributed by atoms with Crippen LogP contribution in [0.3, 0.4) is 0 Å². The molecule has 0 fully saturated rings. The van der Waals surface area contributed by atoms with E-state index >= 15 is 0 Å². The molecule has 0 bridgehead atoms. The van der Waals surface area contributed by atoms with E-state index in [2.05, 4.69) is 10.2 Å². The normalized spacial score (nSPS) is 10.6. The van der Waals surface area contributed by atoms with E-state index < -0.39 is 12.6 Å². The van der Waals surface area contributed by atoms with Crippen molar-refractivity contribution in [2.75, 3.05) is 13.7 Å². The Morgan fingerprint density at radius 1 is 1.20 bits per heavy atom. The first-order valence-corrected chi connectivity index (χ1v) is 8.35. The number of amides is 1. The van der Waals surface area contributed by atoms with Gasteiger partial charge in [-0.25, -0.2) is 9.89 Å². The van der Waals surface area contributed by atoms with Crippen LogP contribution in [-0.4, -0.2) is 40.6 Å². The fraction of sp³-hybridized carbons (Fsp3) is 0.176. The second-order valence-corrected chi connectivity index (χ2v) is 6.38. The maximum Gasteiger partial charge on any atom is 0.359 e. The van der Waals surface area contributed by atoms with Crippen molar-refractivity contribution in [2.24, 2.45) is 0 Å². The monoisotopic (exact) mass is 357 g/mol. The van der Waals surface area contributed by atoms with E-state index in [1.54, 1.807) is 42.6 Å². The van der Waals surface area contributed by atoms with Gasteiger partial charge in [-0.1, -0.05) is 24.3 Å². The number of ether oxygens (including phenoxy) is 1. The zero-order valence-corrected chi connectivity index (χ0v) is 14.2. The number of fused-ring (bicyclic) bond motifs is 1. The molecule has 1 aromatic carbocycles. The Bertz CT molecular complexity index is 965. The molecule has 2 aromatic heterocycles. The van der Waals surface area contributed by atoms with E-state index in [0.29, 0.717) is 17.3 Å². The molecule has 0 saturated carbocycles. The summed E-state index contributed by atoms with van der Waals surface area (Å²) in [5.74, 6) is -1.08. The van der Waals surface area contributed by atoms with Crippen LogP contribution in [0.2, 0.25) is 0 Å². The Kier molecular flexibility index (Phi) is 4.90. The van der Waals surface area contributed by atoms with Crippen molar-refractivity contribution < 1.29 is 14.3 Å². The molecule has 2 heterocycles. The van der Waals surface area contributed by atoms with Gasteiger partial charge in [0.2, 0.25) is 0 Å². The summed E-state index contributed by atoms with van der Waals surface area (Å²) in [5.41, 5.74) is -0.414. The smallest absolute Gasteiger partial charge is 0.359 e. The van der Waals surface area contributed by atoms with Crippen LogP contribution in [0.25, 0.3) is 10.8 Å². The minimum absolute atomic E-state index is 0.0242. The number of rotatable bonds is 5. The number of likely N-dealkylation sites (N-methyl/N-ethyl adjacent to an activating group) is 1. The molecule has 7 nitrogen and oxygen atoms in total. The van der Waals surface area contributed by atoms with E-state index in [-0.39, 0.29) is 17.2 Å². The summed E-state index contributed by atoms with van der Waals surface area (Å²) in [6, 6.07) is 10.4. The van der Waals surface area contributed by atoms with Crippen molar-refractivity contribution in [1.82, 2.24) is 15.1 Å². The number of hydrogen-bond acceptors (Lipinski definition) is 6. The van der Waals surface area contributed by atoms with Crippen molar-refractivity contribution >= 4 is 34.0 Å². The van der Waals surface area contributed by atoms with Gasteiger partial charge >= 0.3 is 5.97 Å². The summed E-state index contributed by atoms with van der Waals surface area (Å²) in [6.07, 6.45) is 0. The van der Waals surface area contributed by atoms with Gasteiger partial charge in [0.1, 0.15) is 0 Å². The van der Waals surface area contributed by atoms with Crippen LogP contribution in [0.15, 0.2) is 46.6 Å². The highest BCUT2D eigenvalue weighted by Gasteiger charge is 2.18. The fourth-order valence-electron chi connectivity index (χ4n) is 2.30. The van der Waals surface area contributed by atoms with E-state index in [1.165, 1.54) is 4.90 Å². The lowest BCUT2D eigenvalue weighted by Gasteiger charge is -2.16. The Hall–Kier alpha value is -3.00. The summed E-state index contributed by atoms with van der Waals surface area (Å²) in [7, 11) is 1.64. The molecule has 3 rings (SSSR count). The topological polar surface area (TPSA) is 92.4 Å². The lowest BCUT2D eigenvalue weighted by atomic mass is 10.1. The number of aromatic nitrogens is 2. The van der Waals surface area contributed by atoms with Gasteiger partial charge in [-0.05, 0) is 17.5 Å². The molecule has 128 valence electrons. The molecule has 0 aliphatic carbocycles. The molecule has 0 saturated heterocycles. The van der Waals surface area contributed by atoms with Crippen molar-refractivity contribution in [2.45, 2.75) is 6.54 Å². The van der Waals surface area contributed by atoms with Crippen molar-refractivity contribution in [3.05, 3.63) is 62.7 Å². The minimum atomic E-state index is -0.759. The third kappa shape index (κ3) is 3.74. The maximum atomic E-state index is 12.2. The third-order valence-electron chi connectivity index (χ3n) is 3.62. The quantitative estimate of drug-likeness (QED) is 0.703. The van der Waals surface area contributed by atoms with E-state index in [4.69, 9.17) is 4.74 Å². The Morgan fingerprint density at radius 2 is 1.96 bits per heavy atom. The summed E-state index contributed by atoms with van der Waals surface area (Å²) in [6.45, 7) is 0.0593. The van der Waals surface area contributed by atoms with E-state index in [9.17, 15) is 14.4 Å². The van der Waals surface area contributed by atoms with E-state index in [0.717, 1.165) is 4.88 Å². The summed E-state index contributed by atoms with van der Waals surface area (Å²) in [4.78, 5) is 38.6. The van der Waals surface area contributed by atoms with Gasteiger partial charge in [0.05, 0.1) is 11.9 Å². The first-order valence-electron chi connectivity index (χ1n) is 7.47. The van der Waals surface area contributed by atoms with Gasteiger partial charge in [0.25, 0.3) is 11.5 Å². The average Bonchev–Trinajstić information content (AvgIpc) is 3.13. The average molecular weight is 357 g/mol. The Balaban J connectivity index is 1.68. The predicted octanol–water partition coefficient (Wildman–Crippen LogP) is 1.80. The molecule has 1 amide bonds. The van der Waals surface area contributed by atoms with Gasteiger partial charge in [-0.15, -0.1) is 11.3 Å². The number of nitrogens with zero attached hydrogens (tertiary/aromatic N) is 2. The highest BCUT2D eigenvalue weighted by molar-refractivity contribution is 7.09. The first kappa shape index (κ1) is 16.8. The largest absolute Gasteiger partial charge is 0.451 e. The Labute approximate surface area is 146 Å². The number of aromatic amines is 1. The fourth-order valence-corrected chi connectivity index (χ4v) is 3.06. The van der Waals surface area contributed by atoms with Crippen LogP contribution in [0, 0.1) is 0 Å². The number of nitrogens with one attached hydrogen (secondary N) is 1. The lowest BCUT2D eigenvalue weighted by Crippen LogP contribution is -2.30. The highest BCUT2D eigenvalue weighted by atomic mass is 32.1. The van der Waals surface area contributed by atoms with Crippen molar-refractivity contribution in [3.63, 3.8) is 0 Å². The molecule has 0 unspecified atom stereocenters. The Morgan fingerprint density at radius 3 is 2.68 bits per heavy atom. The molecule has 3 aromatic rings. The van der Waals surface area contributed by atoms with Gasteiger partial charge in [0.15, 0.2) is 12.3 Å². The molecule has 0 aliphatic heterocycles. The number of benzene rings is 1. The standard InChI is InChI=1S/C17H15N3O4S/c1-20(9-11-5-4-8-25-11)14(21)10-24-17(23)15-12-6-2-3-7-13(12)16(22)19-18-15/h2-8H,9-10H2,1H3,(H,19,22). The van der Waals surface area contributed by atoms with Crippen LogP contribution in [-0.2, 0) is 16.1 Å². The van der Waals surface area contributed by atoms with Crippen molar-refractivity contribution in [3.8, 4) is 0 Å². The summed E-state index contributed by atoms with van der Waals surface area (Å²) >= 11 is 1.55. The zero-order valence-electron chi connectivity index (χ0n) is 13.4. The zero-order chi connectivity index (χ0) is 17.8. The number of carbonyl (C=O) groups excluding carboxylic acids is 2. The molecule has 25 heavy (non-hydrogen) atoms. The summed E-state index contributed by atoms with van der Waals surface area (Å²) in [5, 5.41) is 8.67. The molecule has 1 N–H and O–H groups in total. The maximum absolute atomic E-state index is 12.2. The second kappa shape index (κ2) is 7.27. The molecule has 8 heteroatoms. The number of esters is 1. The van der Waals surface area contributed by atoms with Crippen LogP contribution >= 0.6 is 11.3 Å². The lowest BCUT2D eigenvalue weighted by molar-refractivity contribution is -0.133. The number of thiophene rings is 1. The molecule has 0 radical (unpaired) electrons. The predicted molar refractivity (Wildman–Crippen MR) is 93.4 cm³/mol. The third-order valence-corrected chi connectivity index (χ3v) is 4.48. The van der Waals surface area contributed by atoms with Crippen LogP contribution in [0.5, 0.6) is 0 Å². The van der Waals surface area contributed by atoms with Crippen LogP contribution in [0.4, 0.5) is 0 Å². The summed E-state index contributed by atoms with van der Waals surface area (Å²) < 4.78 is 5.07. The van der Waals surface area contributed by atoms with Gasteiger partial charge in [-0.2, -0.15) is 5.10 Å². The van der Waals surface area contributed by atoms with E-state index in [1.807, 2.05) is 17.5 Å². The molecule has 0 spiro atoms. The van der Waals surface area contributed by atoms with Crippen LogP contribution in [0.1, 0.15) is 15.4 Å². The number of hydrogen-bond donors (Lipinski definition) is 1. The number of carbonyl (C=O) groups is 2. The second-order valence-electron chi connectivity index (χ2n) is 5.35. The SMILES string of the molecule is CN(Cc1cccs1)C(=O)COC(=O)c1n[nH]c(=O)c2ccccc12. The molecular weight excluding hydrogens is 342 g/mol. The molecular formula is C17H15N3O4S.